The van der Waals surface area contributed by atoms with Crippen LogP contribution in [0.25, 0.3) is 0 Å². The molecule has 0 aromatic carbocycles. The SMILES string of the molecule is CC(C)O/C=C(\Cl)OC(C)C. The maximum Gasteiger partial charge on any atom is 0.222 e. The van der Waals surface area contributed by atoms with E-state index in [1.54, 1.807) is 0 Å². The third-order valence-electron chi connectivity index (χ3n) is 0.781. The van der Waals surface area contributed by atoms with E-state index in [1.807, 2.05) is 27.7 Å². The fourth-order valence-electron chi connectivity index (χ4n) is 0.443. The maximum atomic E-state index is 5.63. The van der Waals surface area contributed by atoms with Gasteiger partial charge < -0.3 is 9.47 Å². The molecule has 0 aliphatic carbocycles. The molecule has 0 N–H and O–H groups in total. The van der Waals surface area contributed by atoms with Crippen LogP contribution in [0.1, 0.15) is 27.7 Å². The summed E-state index contributed by atoms with van der Waals surface area (Å²) in [4.78, 5) is 0. The van der Waals surface area contributed by atoms with E-state index in [2.05, 4.69) is 0 Å². The number of ether oxygens (including phenoxy) is 2. The summed E-state index contributed by atoms with van der Waals surface area (Å²) in [5.74, 6) is 0. The van der Waals surface area contributed by atoms with Crippen LogP contribution in [0.4, 0.5) is 0 Å². The van der Waals surface area contributed by atoms with E-state index >= 15 is 0 Å². The first-order valence-corrected chi connectivity index (χ1v) is 4.08. The number of hydrogen-bond acceptors (Lipinski definition) is 2. The number of hydrogen-bond donors (Lipinski definition) is 0. The topological polar surface area (TPSA) is 18.5 Å². The first kappa shape index (κ1) is 10.6. The van der Waals surface area contributed by atoms with Gasteiger partial charge in [0, 0.05) is 0 Å². The van der Waals surface area contributed by atoms with Gasteiger partial charge in [-0.3, -0.25) is 0 Å². The quantitative estimate of drug-likeness (QED) is 0.617. The van der Waals surface area contributed by atoms with Crippen molar-refractivity contribution in [3.63, 3.8) is 0 Å². The molecule has 3 heteroatoms. The Morgan fingerprint density at radius 3 is 2.09 bits per heavy atom. The molecule has 0 heterocycles. The van der Waals surface area contributed by atoms with E-state index in [-0.39, 0.29) is 12.2 Å². The summed E-state index contributed by atoms with van der Waals surface area (Å²) in [6.07, 6.45) is 1.65. The molecule has 0 aromatic heterocycles. The van der Waals surface area contributed by atoms with E-state index in [4.69, 9.17) is 21.1 Å². The first-order chi connectivity index (χ1) is 5.02. The minimum absolute atomic E-state index is 0.0921. The van der Waals surface area contributed by atoms with Gasteiger partial charge in [-0.25, -0.2) is 0 Å². The van der Waals surface area contributed by atoms with Crippen molar-refractivity contribution in [1.29, 1.82) is 0 Å². The monoisotopic (exact) mass is 178 g/mol. The third-order valence-corrected chi connectivity index (χ3v) is 0.959. The molecule has 0 bridgehead atoms. The van der Waals surface area contributed by atoms with Crippen LogP contribution < -0.4 is 0 Å². The van der Waals surface area contributed by atoms with Crippen molar-refractivity contribution >= 4 is 11.6 Å². The van der Waals surface area contributed by atoms with Crippen LogP contribution >= 0.6 is 11.6 Å². The molecule has 11 heavy (non-hydrogen) atoms. The minimum atomic E-state index is 0.0921. The zero-order chi connectivity index (χ0) is 8.85. The predicted molar refractivity (Wildman–Crippen MR) is 46.4 cm³/mol. The average Bonchev–Trinajstić information content (AvgIpc) is 1.82. The lowest BCUT2D eigenvalue weighted by Crippen LogP contribution is -2.01. The van der Waals surface area contributed by atoms with Crippen molar-refractivity contribution in [3.05, 3.63) is 11.5 Å². The van der Waals surface area contributed by atoms with E-state index in [1.165, 1.54) is 6.26 Å². The summed E-state index contributed by atoms with van der Waals surface area (Å²) in [6, 6.07) is 0. The fraction of sp³-hybridized carbons (Fsp3) is 0.750. The normalized spacial score (nSPS) is 12.5. The summed E-state index contributed by atoms with van der Waals surface area (Å²) in [6.45, 7) is 7.67. The van der Waals surface area contributed by atoms with Gasteiger partial charge in [0.2, 0.25) is 5.22 Å². The Labute approximate surface area is 73.1 Å². The molecule has 0 amide bonds. The van der Waals surface area contributed by atoms with Gasteiger partial charge in [-0.15, -0.1) is 0 Å². The van der Waals surface area contributed by atoms with E-state index in [0.717, 1.165) is 0 Å². The van der Waals surface area contributed by atoms with Gasteiger partial charge in [-0.2, -0.15) is 0 Å². The highest BCUT2D eigenvalue weighted by Crippen LogP contribution is 2.07. The molecular weight excluding hydrogens is 164 g/mol. The van der Waals surface area contributed by atoms with Crippen LogP contribution in [0, 0.1) is 0 Å². The van der Waals surface area contributed by atoms with Crippen molar-refractivity contribution < 1.29 is 9.47 Å². The van der Waals surface area contributed by atoms with Crippen LogP contribution in [0.5, 0.6) is 0 Å². The first-order valence-electron chi connectivity index (χ1n) is 3.70. The smallest absolute Gasteiger partial charge is 0.222 e. The molecular formula is C8H15ClO2. The summed E-state index contributed by atoms with van der Waals surface area (Å²) in [5.41, 5.74) is 0. The lowest BCUT2D eigenvalue weighted by Gasteiger charge is -2.09. The number of rotatable bonds is 4. The third kappa shape index (κ3) is 7.53. The molecule has 0 aromatic rings. The molecule has 0 spiro atoms. The second-order valence-electron chi connectivity index (χ2n) is 2.77. The Balaban J connectivity index is 3.63. The van der Waals surface area contributed by atoms with Crippen LogP contribution in [-0.4, -0.2) is 12.2 Å². The molecule has 0 rings (SSSR count). The summed E-state index contributed by atoms with van der Waals surface area (Å²) < 4.78 is 10.2. The van der Waals surface area contributed by atoms with Gasteiger partial charge in [0.15, 0.2) is 0 Å². The molecule has 0 fully saturated rings. The second kappa shape index (κ2) is 5.30. The fourth-order valence-corrected chi connectivity index (χ4v) is 0.672. The van der Waals surface area contributed by atoms with Crippen LogP contribution in [0.3, 0.4) is 0 Å². The van der Waals surface area contributed by atoms with E-state index in [0.29, 0.717) is 5.22 Å². The van der Waals surface area contributed by atoms with Gasteiger partial charge in [0.25, 0.3) is 0 Å². The van der Waals surface area contributed by atoms with Crippen LogP contribution in [-0.2, 0) is 9.47 Å². The molecule has 0 saturated heterocycles. The summed E-state index contributed by atoms with van der Waals surface area (Å²) in [7, 11) is 0. The summed E-state index contributed by atoms with van der Waals surface area (Å²) in [5, 5.41) is 0.300. The Bertz CT molecular complexity index is 130. The van der Waals surface area contributed by atoms with Gasteiger partial charge in [0.05, 0.1) is 12.2 Å². The van der Waals surface area contributed by atoms with Crippen molar-refractivity contribution in [2.24, 2.45) is 0 Å². The predicted octanol–water partition coefficient (Wildman–Crippen LogP) is 2.87. The molecule has 0 unspecified atom stereocenters. The zero-order valence-corrected chi connectivity index (χ0v) is 8.18. The highest BCUT2D eigenvalue weighted by molar-refractivity contribution is 6.28. The Morgan fingerprint density at radius 2 is 1.73 bits per heavy atom. The van der Waals surface area contributed by atoms with Gasteiger partial charge in [-0.1, -0.05) is 0 Å². The molecule has 0 radical (unpaired) electrons. The van der Waals surface area contributed by atoms with Crippen LogP contribution in [0.15, 0.2) is 11.5 Å². The molecule has 0 atom stereocenters. The summed E-state index contributed by atoms with van der Waals surface area (Å²) >= 11 is 5.63. The second-order valence-corrected chi connectivity index (χ2v) is 3.15. The van der Waals surface area contributed by atoms with E-state index < -0.39 is 0 Å². The molecule has 0 saturated carbocycles. The average molecular weight is 179 g/mol. The molecule has 0 aliphatic heterocycles. The highest BCUT2D eigenvalue weighted by Gasteiger charge is 1.97. The van der Waals surface area contributed by atoms with Crippen molar-refractivity contribution in [3.8, 4) is 0 Å². The molecule has 66 valence electrons. The van der Waals surface area contributed by atoms with Gasteiger partial charge in [0.1, 0.15) is 6.26 Å². The lowest BCUT2D eigenvalue weighted by atomic mass is 10.5. The molecule has 0 aliphatic rings. The largest absolute Gasteiger partial charge is 0.494 e. The van der Waals surface area contributed by atoms with Crippen molar-refractivity contribution in [1.82, 2.24) is 0 Å². The Morgan fingerprint density at radius 1 is 1.18 bits per heavy atom. The standard InChI is InChI=1S/C8H15ClO2/c1-6(2)10-5-8(9)11-7(3)4/h5-7H,1-4H3/b8-5+. The Hall–Kier alpha value is -0.370. The van der Waals surface area contributed by atoms with E-state index in [9.17, 15) is 0 Å². The Kier molecular flexibility index (Phi) is 5.12. The van der Waals surface area contributed by atoms with Crippen molar-refractivity contribution in [2.75, 3.05) is 0 Å². The maximum absolute atomic E-state index is 5.63. The zero-order valence-electron chi connectivity index (χ0n) is 7.43. The van der Waals surface area contributed by atoms with Crippen LogP contribution in [0.2, 0.25) is 0 Å². The lowest BCUT2D eigenvalue weighted by molar-refractivity contribution is 0.130. The van der Waals surface area contributed by atoms with Gasteiger partial charge >= 0.3 is 0 Å². The highest BCUT2D eigenvalue weighted by atomic mass is 35.5. The van der Waals surface area contributed by atoms with Gasteiger partial charge in [-0.05, 0) is 39.3 Å². The number of halogens is 1. The minimum Gasteiger partial charge on any atom is -0.494 e. The van der Waals surface area contributed by atoms with Crippen molar-refractivity contribution in [2.45, 2.75) is 39.9 Å². The molecule has 2 nitrogen and oxygen atoms in total.